The second-order valence-corrected chi connectivity index (χ2v) is 7.08. The highest BCUT2D eigenvalue weighted by molar-refractivity contribution is 5.92. The summed E-state index contributed by atoms with van der Waals surface area (Å²) in [5.74, 6) is 0.867. The number of rotatable bonds is 6. The van der Waals surface area contributed by atoms with Crippen molar-refractivity contribution >= 4 is 11.9 Å². The summed E-state index contributed by atoms with van der Waals surface area (Å²) in [6.07, 6.45) is 0. The largest absolute Gasteiger partial charge is 0.493 e. The Kier molecular flexibility index (Phi) is 5.81. The molecule has 4 rings (SSSR count). The van der Waals surface area contributed by atoms with Crippen LogP contribution in [0.25, 0.3) is 11.4 Å². The second kappa shape index (κ2) is 8.70. The molecule has 1 N–H and O–H groups in total. The van der Waals surface area contributed by atoms with Gasteiger partial charge in [0.15, 0.2) is 17.3 Å². The summed E-state index contributed by atoms with van der Waals surface area (Å²) in [7, 11) is 3.10. The van der Waals surface area contributed by atoms with Gasteiger partial charge >= 0.3 is 5.97 Å². The monoisotopic (exact) mass is 438 g/mol. The number of hydrogen-bond acceptors (Lipinski definition) is 7. The Balaban J connectivity index is 1.86. The predicted molar refractivity (Wildman–Crippen MR) is 116 cm³/mol. The van der Waals surface area contributed by atoms with Crippen LogP contribution in [-0.4, -0.2) is 41.6 Å². The number of fused-ring (bicyclic) bond motifs is 1. The lowest BCUT2D eigenvalue weighted by Gasteiger charge is -2.28. The van der Waals surface area contributed by atoms with Crippen LogP contribution in [0.4, 0.5) is 10.3 Å². The number of nitrogens with zero attached hydrogens (tertiary/aromatic N) is 3. The SMILES string of the molecule is CCOC(=O)C1=C(C)Nc2nc(-c3ccc(OC)c(OC)c3)nn2C1c1ccccc1F. The average molecular weight is 438 g/mol. The van der Waals surface area contributed by atoms with Gasteiger partial charge in [-0.2, -0.15) is 4.98 Å². The second-order valence-electron chi connectivity index (χ2n) is 7.08. The van der Waals surface area contributed by atoms with E-state index in [4.69, 9.17) is 14.2 Å². The van der Waals surface area contributed by atoms with Crippen molar-refractivity contribution in [1.82, 2.24) is 14.8 Å². The zero-order valence-electron chi connectivity index (χ0n) is 18.2. The molecule has 1 unspecified atom stereocenters. The third-order valence-corrected chi connectivity index (χ3v) is 5.19. The van der Waals surface area contributed by atoms with E-state index in [2.05, 4.69) is 15.4 Å². The third kappa shape index (κ3) is 3.66. The van der Waals surface area contributed by atoms with Gasteiger partial charge in [0.25, 0.3) is 0 Å². The molecule has 0 spiro atoms. The topological polar surface area (TPSA) is 87.5 Å². The molecule has 0 amide bonds. The molecule has 0 aliphatic carbocycles. The van der Waals surface area contributed by atoms with Gasteiger partial charge < -0.3 is 19.5 Å². The molecule has 0 saturated carbocycles. The maximum Gasteiger partial charge on any atom is 0.338 e. The molecule has 2 aromatic carbocycles. The molecule has 0 bridgehead atoms. The fraction of sp³-hybridized carbons (Fsp3) is 0.261. The van der Waals surface area contributed by atoms with Crippen molar-refractivity contribution in [3.8, 4) is 22.9 Å². The van der Waals surface area contributed by atoms with Gasteiger partial charge in [0.05, 0.1) is 26.4 Å². The number of methoxy groups -OCH3 is 2. The standard InChI is InChI=1S/C23H23FN4O4/c1-5-32-22(29)19-13(2)25-23-26-21(14-10-11-17(30-3)18(12-14)31-4)27-28(23)20(19)15-8-6-7-9-16(15)24/h6-12,20H,5H2,1-4H3,(H,25,26,27). The Morgan fingerprint density at radius 1 is 1.16 bits per heavy atom. The molecule has 0 fully saturated rings. The molecule has 166 valence electrons. The normalized spacial score (nSPS) is 15.1. The average Bonchev–Trinajstić information content (AvgIpc) is 3.22. The Morgan fingerprint density at radius 3 is 2.59 bits per heavy atom. The summed E-state index contributed by atoms with van der Waals surface area (Å²) in [5.41, 5.74) is 1.76. The first-order valence-corrected chi connectivity index (χ1v) is 10.1. The summed E-state index contributed by atoms with van der Waals surface area (Å²) >= 11 is 0. The van der Waals surface area contributed by atoms with Crippen molar-refractivity contribution in [3.05, 3.63) is 65.1 Å². The number of ether oxygens (including phenoxy) is 3. The lowest BCUT2D eigenvalue weighted by atomic mass is 9.95. The van der Waals surface area contributed by atoms with Crippen LogP contribution < -0.4 is 14.8 Å². The first kappa shape index (κ1) is 21.4. The van der Waals surface area contributed by atoms with E-state index in [0.29, 0.717) is 40.1 Å². The fourth-order valence-corrected chi connectivity index (χ4v) is 3.71. The molecule has 1 atom stereocenters. The van der Waals surface area contributed by atoms with Crippen molar-refractivity contribution < 1.29 is 23.4 Å². The lowest BCUT2D eigenvalue weighted by Crippen LogP contribution is -2.30. The lowest BCUT2D eigenvalue weighted by molar-refractivity contribution is -0.139. The first-order valence-electron chi connectivity index (χ1n) is 10.1. The number of aromatic nitrogens is 3. The molecule has 3 aromatic rings. The molecular weight excluding hydrogens is 415 g/mol. The first-order chi connectivity index (χ1) is 15.5. The van der Waals surface area contributed by atoms with Crippen LogP contribution in [0.2, 0.25) is 0 Å². The maximum atomic E-state index is 14.8. The molecule has 1 aliphatic heterocycles. The summed E-state index contributed by atoms with van der Waals surface area (Å²) in [6, 6.07) is 10.7. The minimum atomic E-state index is -0.840. The van der Waals surface area contributed by atoms with E-state index < -0.39 is 17.8 Å². The minimum Gasteiger partial charge on any atom is -0.493 e. The van der Waals surface area contributed by atoms with Crippen LogP contribution >= 0.6 is 0 Å². The Labute approximate surface area is 184 Å². The van der Waals surface area contributed by atoms with E-state index in [1.54, 1.807) is 64.5 Å². The summed E-state index contributed by atoms with van der Waals surface area (Å²) in [6.45, 7) is 3.65. The number of allylic oxidation sites excluding steroid dienone is 1. The van der Waals surface area contributed by atoms with Crippen LogP contribution in [-0.2, 0) is 9.53 Å². The smallest absolute Gasteiger partial charge is 0.338 e. The predicted octanol–water partition coefficient (Wildman–Crippen LogP) is 3.95. The number of carbonyl (C=O) groups excluding carboxylic acids is 1. The molecule has 1 aromatic heterocycles. The number of halogens is 1. The van der Waals surface area contributed by atoms with Gasteiger partial charge in [-0.05, 0) is 38.1 Å². The van der Waals surface area contributed by atoms with Crippen molar-refractivity contribution in [2.75, 3.05) is 26.1 Å². The molecule has 0 radical (unpaired) electrons. The highest BCUT2D eigenvalue weighted by Gasteiger charge is 2.36. The highest BCUT2D eigenvalue weighted by atomic mass is 19.1. The van der Waals surface area contributed by atoms with Gasteiger partial charge in [0, 0.05) is 16.8 Å². The van der Waals surface area contributed by atoms with Gasteiger partial charge in [-0.1, -0.05) is 18.2 Å². The van der Waals surface area contributed by atoms with E-state index >= 15 is 0 Å². The quantitative estimate of drug-likeness (QED) is 0.583. The number of esters is 1. The molecule has 0 saturated heterocycles. The highest BCUT2D eigenvalue weighted by Crippen LogP contribution is 2.38. The summed E-state index contributed by atoms with van der Waals surface area (Å²) in [4.78, 5) is 17.4. The van der Waals surface area contributed by atoms with Crippen LogP contribution in [0, 0.1) is 5.82 Å². The van der Waals surface area contributed by atoms with Gasteiger partial charge in [-0.3, -0.25) is 0 Å². The molecule has 32 heavy (non-hydrogen) atoms. The van der Waals surface area contributed by atoms with Crippen molar-refractivity contribution in [2.24, 2.45) is 0 Å². The number of benzene rings is 2. The van der Waals surface area contributed by atoms with Crippen LogP contribution in [0.15, 0.2) is 53.7 Å². The molecule has 8 nitrogen and oxygen atoms in total. The Bertz CT molecular complexity index is 1200. The number of anilines is 1. The Hall–Kier alpha value is -3.88. The van der Waals surface area contributed by atoms with Crippen molar-refractivity contribution in [1.29, 1.82) is 0 Å². The van der Waals surface area contributed by atoms with Crippen LogP contribution in [0.3, 0.4) is 0 Å². The van der Waals surface area contributed by atoms with Crippen LogP contribution in [0.1, 0.15) is 25.5 Å². The van der Waals surface area contributed by atoms with E-state index in [1.807, 2.05) is 0 Å². The van der Waals surface area contributed by atoms with Gasteiger partial charge in [0.2, 0.25) is 5.95 Å². The number of hydrogen-bond donors (Lipinski definition) is 1. The maximum absolute atomic E-state index is 14.8. The molecule has 2 heterocycles. The summed E-state index contributed by atoms with van der Waals surface area (Å²) in [5, 5.41) is 7.72. The van der Waals surface area contributed by atoms with E-state index in [0.717, 1.165) is 0 Å². The van der Waals surface area contributed by atoms with Gasteiger partial charge in [-0.15, -0.1) is 5.10 Å². The molecular formula is C23H23FN4O4. The summed E-state index contributed by atoms with van der Waals surface area (Å²) < 4.78 is 32.3. The van der Waals surface area contributed by atoms with Crippen molar-refractivity contribution in [3.63, 3.8) is 0 Å². The number of nitrogens with one attached hydrogen (secondary N) is 1. The van der Waals surface area contributed by atoms with Gasteiger partial charge in [-0.25, -0.2) is 13.9 Å². The minimum absolute atomic E-state index is 0.195. The van der Waals surface area contributed by atoms with E-state index in [1.165, 1.54) is 10.7 Å². The van der Waals surface area contributed by atoms with E-state index in [9.17, 15) is 9.18 Å². The van der Waals surface area contributed by atoms with E-state index in [-0.39, 0.29) is 12.2 Å². The molecule has 9 heteroatoms. The Morgan fingerprint density at radius 2 is 1.91 bits per heavy atom. The third-order valence-electron chi connectivity index (χ3n) is 5.19. The molecule has 1 aliphatic rings. The van der Waals surface area contributed by atoms with Gasteiger partial charge in [0.1, 0.15) is 11.9 Å². The van der Waals surface area contributed by atoms with Crippen LogP contribution in [0.5, 0.6) is 11.5 Å². The van der Waals surface area contributed by atoms with Crippen molar-refractivity contribution in [2.45, 2.75) is 19.9 Å². The zero-order chi connectivity index (χ0) is 22.8. The zero-order valence-corrected chi connectivity index (χ0v) is 18.2. The fourth-order valence-electron chi connectivity index (χ4n) is 3.71. The number of carbonyl (C=O) groups is 1.